The van der Waals surface area contributed by atoms with Gasteiger partial charge in [0.1, 0.15) is 6.04 Å². The molecular weight excluding hydrogens is 274 g/mol. The van der Waals surface area contributed by atoms with E-state index in [4.69, 9.17) is 4.74 Å². The third-order valence-corrected chi connectivity index (χ3v) is 3.04. The lowest BCUT2D eigenvalue weighted by atomic mass is 10.1. The van der Waals surface area contributed by atoms with Crippen LogP contribution in [0, 0.1) is 0 Å². The van der Waals surface area contributed by atoms with Crippen molar-refractivity contribution in [3.63, 3.8) is 0 Å². The first kappa shape index (κ1) is 17.2. The van der Waals surface area contributed by atoms with Crippen LogP contribution in [0.4, 0.5) is 0 Å². The second-order valence-electron chi connectivity index (χ2n) is 4.74. The molecule has 2 N–H and O–H groups in total. The highest BCUT2D eigenvalue weighted by molar-refractivity contribution is 5.92. The average Bonchev–Trinajstić information content (AvgIpc) is 2.47. The maximum Gasteiger partial charge on any atom is 0.308 e. The van der Waals surface area contributed by atoms with Gasteiger partial charge in [0.05, 0.1) is 19.6 Å². The lowest BCUT2D eigenvalue weighted by Crippen LogP contribution is -2.59. The second-order valence-corrected chi connectivity index (χ2v) is 4.74. The van der Waals surface area contributed by atoms with Crippen molar-refractivity contribution in [3.8, 4) is 0 Å². The number of carbonyl (C=O) groups excluding carboxylic acids is 3. The molecule has 0 bridgehead atoms. The van der Waals surface area contributed by atoms with Gasteiger partial charge in [-0.15, -0.1) is 6.58 Å². The van der Waals surface area contributed by atoms with E-state index in [1.54, 1.807) is 6.08 Å². The van der Waals surface area contributed by atoms with E-state index in [0.29, 0.717) is 26.2 Å². The van der Waals surface area contributed by atoms with Crippen molar-refractivity contribution >= 4 is 17.8 Å². The first-order valence-corrected chi connectivity index (χ1v) is 7.14. The third kappa shape index (κ3) is 5.55. The Hall–Kier alpha value is -1.89. The van der Waals surface area contributed by atoms with Crippen LogP contribution < -0.4 is 10.6 Å². The second kappa shape index (κ2) is 9.12. The predicted molar refractivity (Wildman–Crippen MR) is 77.4 cm³/mol. The van der Waals surface area contributed by atoms with Gasteiger partial charge in [-0.25, -0.2) is 0 Å². The zero-order chi connectivity index (χ0) is 15.7. The monoisotopic (exact) mass is 297 g/mol. The number of hydrogen-bond acceptors (Lipinski definition) is 5. The summed E-state index contributed by atoms with van der Waals surface area (Å²) in [6, 6.07) is -0.791. The molecule has 2 amide bonds. The lowest BCUT2D eigenvalue weighted by Gasteiger charge is -2.34. The van der Waals surface area contributed by atoms with Crippen molar-refractivity contribution in [2.45, 2.75) is 25.8 Å². The maximum atomic E-state index is 12.1. The molecule has 0 aromatic heterocycles. The van der Waals surface area contributed by atoms with Gasteiger partial charge >= 0.3 is 5.97 Å². The van der Waals surface area contributed by atoms with Gasteiger partial charge in [-0.1, -0.05) is 13.0 Å². The highest BCUT2D eigenvalue weighted by atomic mass is 16.5. The molecule has 1 aliphatic heterocycles. The third-order valence-electron chi connectivity index (χ3n) is 3.04. The molecule has 7 nitrogen and oxygen atoms in total. The Kier molecular flexibility index (Phi) is 7.45. The molecule has 1 aliphatic rings. The van der Waals surface area contributed by atoms with E-state index >= 15 is 0 Å². The smallest absolute Gasteiger partial charge is 0.308 e. The number of rotatable bonds is 8. The minimum atomic E-state index is -0.791. The Morgan fingerprint density at radius 2 is 2.33 bits per heavy atom. The van der Waals surface area contributed by atoms with E-state index in [0.717, 1.165) is 6.42 Å². The summed E-state index contributed by atoms with van der Waals surface area (Å²) >= 11 is 0. The van der Waals surface area contributed by atoms with Crippen LogP contribution in [0.5, 0.6) is 0 Å². The first-order valence-electron chi connectivity index (χ1n) is 7.14. The lowest BCUT2D eigenvalue weighted by molar-refractivity contribution is -0.151. The van der Waals surface area contributed by atoms with Crippen LogP contribution in [0.1, 0.15) is 19.8 Å². The standard InChI is InChI=1S/C14H23N3O4/c1-3-5-15-10-12(18)17-7-6-16-14(20)11(17)9-13(19)21-8-4-2/h3,11,15H,1,4-10H2,2H3,(H,16,20). The molecule has 0 aliphatic carbocycles. The molecule has 0 spiro atoms. The molecule has 1 unspecified atom stereocenters. The quantitative estimate of drug-likeness (QED) is 0.356. The van der Waals surface area contributed by atoms with Gasteiger partial charge in [0, 0.05) is 19.6 Å². The summed E-state index contributed by atoms with van der Waals surface area (Å²) in [7, 11) is 0. The van der Waals surface area contributed by atoms with Crippen molar-refractivity contribution in [1.82, 2.24) is 15.5 Å². The Bertz CT molecular complexity index is 398. The molecule has 1 fully saturated rings. The Balaban J connectivity index is 2.61. The molecule has 0 saturated carbocycles. The van der Waals surface area contributed by atoms with E-state index in [1.165, 1.54) is 4.90 Å². The van der Waals surface area contributed by atoms with Gasteiger partial charge in [-0.2, -0.15) is 0 Å². The van der Waals surface area contributed by atoms with Crippen LogP contribution in [-0.4, -0.2) is 61.5 Å². The minimum absolute atomic E-state index is 0.111. The normalized spacial score (nSPS) is 18.0. The fourth-order valence-electron chi connectivity index (χ4n) is 2.03. The van der Waals surface area contributed by atoms with E-state index in [9.17, 15) is 14.4 Å². The topological polar surface area (TPSA) is 87.7 Å². The van der Waals surface area contributed by atoms with Gasteiger partial charge < -0.3 is 20.3 Å². The van der Waals surface area contributed by atoms with Crippen molar-refractivity contribution in [3.05, 3.63) is 12.7 Å². The SMILES string of the molecule is C=CCNCC(=O)N1CCNC(=O)C1CC(=O)OCCC. The van der Waals surface area contributed by atoms with Gasteiger partial charge in [-0.3, -0.25) is 14.4 Å². The number of amides is 2. The summed E-state index contributed by atoms with van der Waals surface area (Å²) < 4.78 is 4.98. The van der Waals surface area contributed by atoms with Gasteiger partial charge in [0.25, 0.3) is 0 Å². The molecule has 1 saturated heterocycles. The molecule has 7 heteroatoms. The zero-order valence-corrected chi connectivity index (χ0v) is 12.4. The maximum absolute atomic E-state index is 12.1. The van der Waals surface area contributed by atoms with Crippen LogP contribution >= 0.6 is 0 Å². The van der Waals surface area contributed by atoms with Gasteiger partial charge in [-0.05, 0) is 6.42 Å². The molecule has 118 valence electrons. The average molecular weight is 297 g/mol. The highest BCUT2D eigenvalue weighted by Crippen LogP contribution is 2.10. The summed E-state index contributed by atoms with van der Waals surface area (Å²) in [6.45, 7) is 7.17. The largest absolute Gasteiger partial charge is 0.466 e. The van der Waals surface area contributed by atoms with E-state index in [2.05, 4.69) is 17.2 Å². The summed E-state index contributed by atoms with van der Waals surface area (Å²) in [5.74, 6) is -0.984. The van der Waals surface area contributed by atoms with Crippen LogP contribution in [0.3, 0.4) is 0 Å². The van der Waals surface area contributed by atoms with Crippen LogP contribution in [0.2, 0.25) is 0 Å². The number of nitrogens with one attached hydrogen (secondary N) is 2. The van der Waals surface area contributed by atoms with E-state index in [-0.39, 0.29) is 24.8 Å². The minimum Gasteiger partial charge on any atom is -0.466 e. The van der Waals surface area contributed by atoms with E-state index in [1.807, 2.05) is 6.92 Å². The summed E-state index contributed by atoms with van der Waals surface area (Å²) in [4.78, 5) is 37.1. The highest BCUT2D eigenvalue weighted by Gasteiger charge is 2.34. The molecule has 1 atom stereocenters. The van der Waals surface area contributed by atoms with Crippen molar-refractivity contribution in [2.75, 3.05) is 32.8 Å². The number of esters is 1. The van der Waals surface area contributed by atoms with Crippen molar-refractivity contribution < 1.29 is 19.1 Å². The molecule has 0 radical (unpaired) electrons. The fraction of sp³-hybridized carbons (Fsp3) is 0.643. The molecule has 21 heavy (non-hydrogen) atoms. The van der Waals surface area contributed by atoms with Crippen molar-refractivity contribution in [2.24, 2.45) is 0 Å². The van der Waals surface area contributed by atoms with Crippen LogP contribution in [0.25, 0.3) is 0 Å². The zero-order valence-electron chi connectivity index (χ0n) is 12.4. The summed E-state index contributed by atoms with van der Waals surface area (Å²) in [5.41, 5.74) is 0. The molecular formula is C14H23N3O4. The van der Waals surface area contributed by atoms with Gasteiger partial charge in [0.2, 0.25) is 11.8 Å². The summed E-state index contributed by atoms with van der Waals surface area (Å²) in [6.07, 6.45) is 2.26. The van der Waals surface area contributed by atoms with E-state index < -0.39 is 12.0 Å². The Morgan fingerprint density at radius 1 is 1.57 bits per heavy atom. The van der Waals surface area contributed by atoms with Crippen LogP contribution in [-0.2, 0) is 19.1 Å². The van der Waals surface area contributed by atoms with Crippen LogP contribution in [0.15, 0.2) is 12.7 Å². The number of piperazine rings is 1. The number of hydrogen-bond donors (Lipinski definition) is 2. The number of ether oxygens (including phenoxy) is 1. The Labute approximate surface area is 124 Å². The first-order chi connectivity index (χ1) is 10.1. The van der Waals surface area contributed by atoms with Crippen molar-refractivity contribution in [1.29, 1.82) is 0 Å². The predicted octanol–water partition coefficient (Wildman–Crippen LogP) is -0.568. The molecule has 1 rings (SSSR count). The number of nitrogens with zero attached hydrogens (tertiary/aromatic N) is 1. The van der Waals surface area contributed by atoms with Gasteiger partial charge in [0.15, 0.2) is 0 Å². The fourth-order valence-corrected chi connectivity index (χ4v) is 2.03. The molecule has 0 aromatic carbocycles. The number of carbonyl (C=O) groups is 3. The molecule has 1 heterocycles. The Morgan fingerprint density at radius 3 is 3.00 bits per heavy atom. The molecule has 0 aromatic rings. The summed E-state index contributed by atoms with van der Waals surface area (Å²) in [5, 5.41) is 5.57.